The number of rotatable bonds is 6. The van der Waals surface area contributed by atoms with Gasteiger partial charge in [0, 0.05) is 38.4 Å². The minimum absolute atomic E-state index is 0.356. The van der Waals surface area contributed by atoms with Crippen molar-refractivity contribution in [1.29, 1.82) is 0 Å². The van der Waals surface area contributed by atoms with Crippen LogP contribution in [0.2, 0.25) is 0 Å². The molecular formula is C22H23N3O2. The number of anilines is 3. The van der Waals surface area contributed by atoms with E-state index >= 15 is 0 Å². The number of para-hydroxylation sites is 1. The first kappa shape index (κ1) is 17.3. The molecule has 0 aliphatic carbocycles. The maximum Gasteiger partial charge on any atom is 0.253 e. The van der Waals surface area contributed by atoms with Crippen LogP contribution in [0.4, 0.5) is 17.1 Å². The molecule has 0 bridgehead atoms. The lowest BCUT2D eigenvalue weighted by Gasteiger charge is -2.38. The number of hydrogen-bond acceptors (Lipinski definition) is 5. The highest BCUT2D eigenvalue weighted by molar-refractivity contribution is 5.75. The van der Waals surface area contributed by atoms with Crippen LogP contribution in [-0.4, -0.2) is 32.7 Å². The number of piperazine rings is 1. The summed E-state index contributed by atoms with van der Waals surface area (Å²) < 4.78 is 0. The summed E-state index contributed by atoms with van der Waals surface area (Å²) in [6, 6.07) is 20.4. The molecule has 3 aromatic carbocycles. The minimum Gasteiger partial charge on any atom is -0.380 e. The van der Waals surface area contributed by atoms with Crippen LogP contribution in [0.15, 0.2) is 70.3 Å². The van der Waals surface area contributed by atoms with Gasteiger partial charge in [-0.3, -0.25) is 9.59 Å². The Hall–Kier alpha value is -3.08. The summed E-state index contributed by atoms with van der Waals surface area (Å²) in [5.74, 6) is 0. The van der Waals surface area contributed by atoms with Crippen LogP contribution in [0, 0.1) is 0 Å². The van der Waals surface area contributed by atoms with Crippen LogP contribution in [0.3, 0.4) is 0 Å². The van der Waals surface area contributed by atoms with Crippen LogP contribution in [0.25, 0.3) is 0 Å². The molecule has 1 saturated heterocycles. The lowest BCUT2D eigenvalue weighted by molar-refractivity contribution is 0.650. The van der Waals surface area contributed by atoms with E-state index < -0.39 is 0 Å². The average molecular weight is 361 g/mol. The van der Waals surface area contributed by atoms with E-state index in [0.717, 1.165) is 32.6 Å². The summed E-state index contributed by atoms with van der Waals surface area (Å²) in [6.07, 6.45) is 0.820. The van der Waals surface area contributed by atoms with Gasteiger partial charge in [-0.1, -0.05) is 48.5 Å². The van der Waals surface area contributed by atoms with E-state index in [2.05, 4.69) is 34.5 Å². The van der Waals surface area contributed by atoms with Gasteiger partial charge in [0.05, 0.1) is 0 Å². The fourth-order valence-corrected chi connectivity index (χ4v) is 3.65. The molecule has 1 fully saturated rings. The highest BCUT2D eigenvalue weighted by Gasteiger charge is 2.28. The second kappa shape index (κ2) is 7.66. The van der Waals surface area contributed by atoms with Crippen LogP contribution in [-0.2, 0) is 6.42 Å². The molecule has 3 aromatic rings. The zero-order valence-electron chi connectivity index (χ0n) is 15.2. The summed E-state index contributed by atoms with van der Waals surface area (Å²) in [5.41, 5.74) is 2.73. The molecule has 1 N–H and O–H groups in total. The zero-order valence-corrected chi connectivity index (χ0v) is 15.2. The van der Waals surface area contributed by atoms with Gasteiger partial charge in [0.1, 0.15) is 11.4 Å². The Balaban J connectivity index is 1.38. The third-order valence-corrected chi connectivity index (χ3v) is 5.16. The van der Waals surface area contributed by atoms with Gasteiger partial charge >= 0.3 is 0 Å². The molecule has 0 spiro atoms. The second-order valence-electron chi connectivity index (χ2n) is 6.85. The van der Waals surface area contributed by atoms with Crippen LogP contribution in [0.1, 0.15) is 5.56 Å². The molecule has 1 heterocycles. The Kier molecular flexibility index (Phi) is 4.92. The third-order valence-electron chi connectivity index (χ3n) is 5.16. The Bertz CT molecular complexity index is 954. The molecular weight excluding hydrogens is 338 g/mol. The van der Waals surface area contributed by atoms with E-state index in [9.17, 15) is 9.59 Å². The maximum absolute atomic E-state index is 12.2. The van der Waals surface area contributed by atoms with Gasteiger partial charge in [-0.25, -0.2) is 0 Å². The van der Waals surface area contributed by atoms with Crippen LogP contribution >= 0.6 is 0 Å². The first-order valence-corrected chi connectivity index (χ1v) is 9.40. The van der Waals surface area contributed by atoms with Crippen molar-refractivity contribution >= 4 is 17.1 Å². The summed E-state index contributed by atoms with van der Waals surface area (Å²) in [7, 11) is 0. The number of nitrogens with one attached hydrogen (secondary N) is 1. The predicted molar refractivity (Wildman–Crippen MR) is 111 cm³/mol. The molecule has 5 heteroatoms. The van der Waals surface area contributed by atoms with Crippen LogP contribution < -0.4 is 26.0 Å². The molecule has 0 radical (unpaired) electrons. The Labute approximate surface area is 158 Å². The summed E-state index contributed by atoms with van der Waals surface area (Å²) >= 11 is 0. The van der Waals surface area contributed by atoms with E-state index in [-0.39, 0.29) is 10.9 Å². The Morgan fingerprint density at radius 2 is 1.33 bits per heavy atom. The van der Waals surface area contributed by atoms with Gasteiger partial charge in [0.15, 0.2) is 0 Å². The third kappa shape index (κ3) is 3.58. The van der Waals surface area contributed by atoms with Gasteiger partial charge < -0.3 is 15.1 Å². The first-order valence-electron chi connectivity index (χ1n) is 9.40. The van der Waals surface area contributed by atoms with Crippen molar-refractivity contribution in [1.82, 2.24) is 0 Å². The highest BCUT2D eigenvalue weighted by Crippen LogP contribution is 2.23. The van der Waals surface area contributed by atoms with Crippen molar-refractivity contribution in [3.05, 3.63) is 86.7 Å². The van der Waals surface area contributed by atoms with E-state index in [0.29, 0.717) is 17.9 Å². The van der Waals surface area contributed by atoms with Gasteiger partial charge in [0.25, 0.3) is 10.9 Å². The SMILES string of the molecule is O=c1c(NCCc2ccccc2)c(N2CCN(c3ccccc3)CC2)c1=O. The summed E-state index contributed by atoms with van der Waals surface area (Å²) in [6.45, 7) is 3.81. The molecule has 0 saturated carbocycles. The highest BCUT2D eigenvalue weighted by atomic mass is 16.2. The smallest absolute Gasteiger partial charge is 0.253 e. The quantitative estimate of drug-likeness (QED) is 0.683. The summed E-state index contributed by atoms with van der Waals surface area (Å²) in [4.78, 5) is 28.5. The van der Waals surface area contributed by atoms with E-state index in [1.807, 2.05) is 41.3 Å². The molecule has 0 unspecified atom stereocenters. The lowest BCUT2D eigenvalue weighted by atomic mass is 10.1. The zero-order chi connectivity index (χ0) is 18.6. The number of benzene rings is 2. The van der Waals surface area contributed by atoms with Crippen LogP contribution in [0.5, 0.6) is 0 Å². The monoisotopic (exact) mass is 361 g/mol. The van der Waals surface area contributed by atoms with Crippen molar-refractivity contribution in [2.45, 2.75) is 6.42 Å². The molecule has 0 atom stereocenters. The Morgan fingerprint density at radius 1 is 0.741 bits per heavy atom. The van der Waals surface area contributed by atoms with Crippen molar-refractivity contribution in [2.75, 3.05) is 47.8 Å². The standard InChI is InChI=1S/C22H23N3O2/c26-21-19(23-12-11-17-7-3-1-4-8-17)20(22(21)27)25-15-13-24(14-16-25)18-9-5-2-6-10-18/h1-10,23H,11-16H2. The number of nitrogens with zero attached hydrogens (tertiary/aromatic N) is 2. The van der Waals surface area contributed by atoms with Crippen molar-refractivity contribution < 1.29 is 0 Å². The fourth-order valence-electron chi connectivity index (χ4n) is 3.65. The minimum atomic E-state index is -0.386. The normalized spacial score (nSPS) is 14.5. The summed E-state index contributed by atoms with van der Waals surface area (Å²) in [5, 5.41) is 3.19. The molecule has 0 amide bonds. The second-order valence-corrected chi connectivity index (χ2v) is 6.85. The lowest BCUT2D eigenvalue weighted by Crippen LogP contribution is -2.51. The van der Waals surface area contributed by atoms with E-state index in [4.69, 9.17) is 0 Å². The van der Waals surface area contributed by atoms with E-state index in [1.54, 1.807) is 0 Å². The molecule has 0 aromatic heterocycles. The topological polar surface area (TPSA) is 52.7 Å². The molecule has 4 rings (SSSR count). The van der Waals surface area contributed by atoms with Crippen molar-refractivity contribution in [3.8, 4) is 0 Å². The van der Waals surface area contributed by atoms with Crippen molar-refractivity contribution in [2.24, 2.45) is 0 Å². The fraction of sp³-hybridized carbons (Fsp3) is 0.273. The van der Waals surface area contributed by atoms with Gasteiger partial charge in [-0.05, 0) is 24.1 Å². The Morgan fingerprint density at radius 3 is 2.00 bits per heavy atom. The van der Waals surface area contributed by atoms with E-state index in [1.165, 1.54) is 11.3 Å². The van der Waals surface area contributed by atoms with Crippen molar-refractivity contribution in [3.63, 3.8) is 0 Å². The molecule has 138 valence electrons. The molecule has 1 aliphatic heterocycles. The predicted octanol–water partition coefficient (Wildman–Crippen LogP) is 2.26. The van der Waals surface area contributed by atoms with Gasteiger partial charge in [-0.15, -0.1) is 0 Å². The molecule has 5 nitrogen and oxygen atoms in total. The number of hydrogen-bond donors (Lipinski definition) is 1. The maximum atomic E-state index is 12.2. The van der Waals surface area contributed by atoms with Gasteiger partial charge in [0.2, 0.25) is 0 Å². The first-order chi connectivity index (χ1) is 13.2. The molecule has 1 aliphatic rings. The largest absolute Gasteiger partial charge is 0.380 e. The van der Waals surface area contributed by atoms with Gasteiger partial charge in [-0.2, -0.15) is 0 Å². The molecule has 27 heavy (non-hydrogen) atoms. The average Bonchev–Trinajstić information content (AvgIpc) is 2.74.